The molecule has 2 aliphatic heterocycles. The van der Waals surface area contributed by atoms with Crippen molar-refractivity contribution in [2.24, 2.45) is 17.8 Å². The van der Waals surface area contributed by atoms with Gasteiger partial charge in [0.1, 0.15) is 0 Å². The van der Waals surface area contributed by atoms with E-state index >= 15 is 0 Å². The molecule has 0 radical (unpaired) electrons. The molecule has 4 aliphatic rings. The predicted octanol–water partition coefficient (Wildman–Crippen LogP) is 1.76. The zero-order valence-corrected chi connectivity index (χ0v) is 9.67. The summed E-state index contributed by atoms with van der Waals surface area (Å²) in [4.78, 5) is 0. The Bertz CT molecular complexity index is 185. The first-order valence-corrected chi connectivity index (χ1v) is 6.84. The van der Waals surface area contributed by atoms with Gasteiger partial charge in [-0.1, -0.05) is 0 Å². The Kier molecular flexibility index (Phi) is 2.98. The van der Waals surface area contributed by atoms with Gasteiger partial charge >= 0.3 is 0 Å². The Morgan fingerprint density at radius 3 is 1.67 bits per heavy atom. The molecule has 4 fully saturated rings. The van der Waals surface area contributed by atoms with Crippen molar-refractivity contribution in [3.63, 3.8) is 0 Å². The van der Waals surface area contributed by atoms with Gasteiger partial charge in [-0.15, -0.1) is 0 Å². The minimum atomic E-state index is 0.921. The largest absolute Gasteiger partial charge is 0.316 e. The lowest BCUT2D eigenvalue weighted by atomic mass is 10.0. The van der Waals surface area contributed by atoms with Crippen molar-refractivity contribution in [3.8, 4) is 0 Å². The van der Waals surface area contributed by atoms with E-state index in [1.165, 1.54) is 58.2 Å². The first-order valence-electron chi connectivity index (χ1n) is 6.84. The Balaban J connectivity index is 0.0000000971. The molecule has 4 rings (SSSR count). The SMILES string of the molecule is C1CC2CC1CN2.C1CC2CNCC1C2. The lowest BCUT2D eigenvalue weighted by molar-refractivity contribution is 0.379. The van der Waals surface area contributed by atoms with E-state index in [4.69, 9.17) is 0 Å². The van der Waals surface area contributed by atoms with Gasteiger partial charge in [0.25, 0.3) is 0 Å². The summed E-state index contributed by atoms with van der Waals surface area (Å²) in [5, 5.41) is 6.90. The molecule has 0 amide bonds. The number of nitrogens with one attached hydrogen (secondary N) is 2. The summed E-state index contributed by atoms with van der Waals surface area (Å²) in [7, 11) is 0. The second kappa shape index (κ2) is 4.42. The highest BCUT2D eigenvalue weighted by molar-refractivity contribution is 4.88. The van der Waals surface area contributed by atoms with Gasteiger partial charge in [0.05, 0.1) is 0 Å². The molecule has 2 nitrogen and oxygen atoms in total. The summed E-state index contributed by atoms with van der Waals surface area (Å²) in [5.74, 6) is 3.16. The lowest BCUT2D eigenvalue weighted by Gasteiger charge is -2.18. The van der Waals surface area contributed by atoms with Crippen molar-refractivity contribution < 1.29 is 0 Å². The highest BCUT2D eigenvalue weighted by Crippen LogP contribution is 2.32. The van der Waals surface area contributed by atoms with Crippen molar-refractivity contribution in [2.75, 3.05) is 19.6 Å². The molecule has 4 unspecified atom stereocenters. The van der Waals surface area contributed by atoms with E-state index in [0.717, 1.165) is 23.8 Å². The molecule has 4 bridgehead atoms. The Labute approximate surface area is 93.2 Å². The van der Waals surface area contributed by atoms with Crippen LogP contribution in [-0.4, -0.2) is 25.7 Å². The van der Waals surface area contributed by atoms with Crippen molar-refractivity contribution >= 4 is 0 Å². The van der Waals surface area contributed by atoms with Crippen LogP contribution in [0, 0.1) is 17.8 Å². The van der Waals surface area contributed by atoms with Gasteiger partial charge in [-0.05, 0) is 75.9 Å². The maximum absolute atomic E-state index is 3.46. The van der Waals surface area contributed by atoms with Crippen LogP contribution in [0.15, 0.2) is 0 Å². The minimum Gasteiger partial charge on any atom is -0.316 e. The van der Waals surface area contributed by atoms with Crippen LogP contribution in [0.5, 0.6) is 0 Å². The Hall–Kier alpha value is -0.0800. The van der Waals surface area contributed by atoms with E-state index in [9.17, 15) is 0 Å². The summed E-state index contributed by atoms with van der Waals surface area (Å²) >= 11 is 0. The second-order valence-corrected chi connectivity index (χ2v) is 5.99. The number of rotatable bonds is 0. The molecule has 2 saturated carbocycles. The van der Waals surface area contributed by atoms with Crippen LogP contribution in [0.25, 0.3) is 0 Å². The summed E-state index contributed by atoms with van der Waals surface area (Å²) in [6.45, 7) is 3.91. The van der Waals surface area contributed by atoms with Crippen LogP contribution in [-0.2, 0) is 0 Å². The molecule has 15 heavy (non-hydrogen) atoms. The van der Waals surface area contributed by atoms with Gasteiger partial charge < -0.3 is 10.6 Å². The third kappa shape index (κ3) is 2.36. The summed E-state index contributed by atoms with van der Waals surface area (Å²) in [5.41, 5.74) is 0. The number of piperidine rings is 2. The van der Waals surface area contributed by atoms with Gasteiger partial charge in [-0.3, -0.25) is 0 Å². The highest BCUT2D eigenvalue weighted by Gasteiger charge is 2.30. The van der Waals surface area contributed by atoms with Gasteiger partial charge in [-0.25, -0.2) is 0 Å². The topological polar surface area (TPSA) is 24.1 Å². The van der Waals surface area contributed by atoms with Gasteiger partial charge in [-0.2, -0.15) is 0 Å². The summed E-state index contributed by atoms with van der Waals surface area (Å²) in [6, 6.07) is 0.921. The molecular weight excluding hydrogens is 184 g/mol. The lowest BCUT2D eigenvalue weighted by Crippen LogP contribution is -2.30. The van der Waals surface area contributed by atoms with Gasteiger partial charge in [0, 0.05) is 6.04 Å². The van der Waals surface area contributed by atoms with E-state index in [-0.39, 0.29) is 0 Å². The smallest absolute Gasteiger partial charge is 0.00704 e. The fourth-order valence-electron chi connectivity index (χ4n) is 3.82. The van der Waals surface area contributed by atoms with Crippen molar-refractivity contribution in [1.29, 1.82) is 0 Å². The quantitative estimate of drug-likeness (QED) is 0.634. The molecule has 0 aromatic heterocycles. The molecule has 86 valence electrons. The van der Waals surface area contributed by atoms with E-state index in [2.05, 4.69) is 10.6 Å². The molecule has 2 aliphatic carbocycles. The predicted molar refractivity (Wildman–Crippen MR) is 62.8 cm³/mol. The van der Waals surface area contributed by atoms with E-state index in [1.807, 2.05) is 0 Å². The highest BCUT2D eigenvalue weighted by atomic mass is 15.0. The van der Waals surface area contributed by atoms with Crippen LogP contribution >= 0.6 is 0 Å². The molecule has 2 N–H and O–H groups in total. The molecule has 2 heteroatoms. The molecule has 2 heterocycles. The fourth-order valence-corrected chi connectivity index (χ4v) is 3.82. The number of hydrogen-bond acceptors (Lipinski definition) is 2. The summed E-state index contributed by atoms with van der Waals surface area (Å²) in [6.07, 6.45) is 8.94. The van der Waals surface area contributed by atoms with Crippen LogP contribution in [0.1, 0.15) is 38.5 Å². The molecule has 0 aromatic rings. The zero-order chi connectivity index (χ0) is 10.1. The number of hydrogen-bond donors (Lipinski definition) is 2. The zero-order valence-electron chi connectivity index (χ0n) is 9.67. The minimum absolute atomic E-state index is 0.921. The van der Waals surface area contributed by atoms with Crippen molar-refractivity contribution in [1.82, 2.24) is 10.6 Å². The van der Waals surface area contributed by atoms with Crippen LogP contribution in [0.2, 0.25) is 0 Å². The van der Waals surface area contributed by atoms with Crippen LogP contribution < -0.4 is 10.6 Å². The average molecular weight is 208 g/mol. The van der Waals surface area contributed by atoms with E-state index in [0.29, 0.717) is 0 Å². The molecule has 4 atom stereocenters. The Morgan fingerprint density at radius 2 is 1.33 bits per heavy atom. The fraction of sp³-hybridized carbons (Fsp3) is 1.00. The third-order valence-corrected chi connectivity index (χ3v) is 4.75. The van der Waals surface area contributed by atoms with Gasteiger partial charge in [0.2, 0.25) is 0 Å². The number of fused-ring (bicyclic) bond motifs is 4. The van der Waals surface area contributed by atoms with Crippen molar-refractivity contribution in [3.05, 3.63) is 0 Å². The van der Waals surface area contributed by atoms with Crippen molar-refractivity contribution in [2.45, 2.75) is 44.6 Å². The normalized spacial score (nSPS) is 46.4. The van der Waals surface area contributed by atoms with E-state index < -0.39 is 0 Å². The first-order chi connectivity index (χ1) is 7.40. The maximum atomic E-state index is 3.46. The molecule has 0 aromatic carbocycles. The van der Waals surface area contributed by atoms with E-state index in [1.54, 1.807) is 0 Å². The monoisotopic (exact) mass is 208 g/mol. The molecule has 0 spiro atoms. The van der Waals surface area contributed by atoms with Crippen LogP contribution in [0.3, 0.4) is 0 Å². The van der Waals surface area contributed by atoms with Gasteiger partial charge in [0.15, 0.2) is 0 Å². The summed E-state index contributed by atoms with van der Waals surface area (Å²) < 4.78 is 0. The molecule has 2 saturated heterocycles. The first kappa shape index (κ1) is 10.1. The van der Waals surface area contributed by atoms with Crippen LogP contribution in [0.4, 0.5) is 0 Å². The second-order valence-electron chi connectivity index (χ2n) is 5.99. The average Bonchev–Trinajstić information content (AvgIpc) is 2.97. The third-order valence-electron chi connectivity index (χ3n) is 4.75. The molecular formula is C13H24N2. The Morgan fingerprint density at radius 1 is 0.667 bits per heavy atom. The standard InChI is InChI=1S/C7H13N.C6H11N/c1-2-7-3-6(1)4-8-5-7;1-2-6-3-5(1)4-7-6/h6-8H,1-5H2;5-7H,1-4H2. The maximum Gasteiger partial charge on any atom is 0.00704 e.